The van der Waals surface area contributed by atoms with E-state index < -0.39 is 11.7 Å². The Kier molecular flexibility index (Phi) is 5.01. The fourth-order valence-corrected chi connectivity index (χ4v) is 2.38. The Balaban J connectivity index is 1.42. The molecule has 2 heterocycles. The fraction of sp³-hybridized carbons (Fsp3) is 0.333. The lowest BCUT2D eigenvalue weighted by molar-refractivity contribution is -0.142. The van der Waals surface area contributed by atoms with Crippen molar-refractivity contribution in [2.45, 2.75) is 19.2 Å². The van der Waals surface area contributed by atoms with Crippen LogP contribution in [0.25, 0.3) is 0 Å². The summed E-state index contributed by atoms with van der Waals surface area (Å²) in [6, 6.07) is 9.46. The van der Waals surface area contributed by atoms with Crippen molar-refractivity contribution in [2.75, 3.05) is 19.7 Å². The van der Waals surface area contributed by atoms with Crippen LogP contribution in [0.5, 0.6) is 11.6 Å². The molecule has 1 aromatic carbocycles. The van der Waals surface area contributed by atoms with Crippen molar-refractivity contribution in [1.82, 2.24) is 9.88 Å². The quantitative estimate of drug-likeness (QED) is 0.816. The zero-order chi connectivity index (χ0) is 18.7. The maximum absolute atomic E-state index is 12.5. The van der Waals surface area contributed by atoms with Gasteiger partial charge in [0.25, 0.3) is 5.91 Å². The van der Waals surface area contributed by atoms with Gasteiger partial charge in [-0.15, -0.1) is 0 Å². The van der Waals surface area contributed by atoms with Gasteiger partial charge in [-0.3, -0.25) is 4.79 Å². The van der Waals surface area contributed by atoms with Crippen molar-refractivity contribution in [1.29, 1.82) is 0 Å². The highest BCUT2D eigenvalue weighted by molar-refractivity contribution is 5.78. The van der Waals surface area contributed by atoms with Gasteiger partial charge in [0.2, 0.25) is 5.88 Å². The van der Waals surface area contributed by atoms with Crippen molar-refractivity contribution < 1.29 is 27.4 Å². The van der Waals surface area contributed by atoms with E-state index in [1.54, 1.807) is 17.0 Å². The number of ether oxygens (including phenoxy) is 2. The molecule has 0 saturated carbocycles. The molecule has 26 heavy (non-hydrogen) atoms. The Bertz CT molecular complexity index is 755. The number of aromatic nitrogens is 1. The topological polar surface area (TPSA) is 51.7 Å². The minimum absolute atomic E-state index is 0.0751. The number of hydrogen-bond donors (Lipinski definition) is 0. The van der Waals surface area contributed by atoms with Gasteiger partial charge in [0.1, 0.15) is 11.9 Å². The second-order valence-electron chi connectivity index (χ2n) is 6.02. The van der Waals surface area contributed by atoms with Crippen LogP contribution in [0.4, 0.5) is 13.2 Å². The van der Waals surface area contributed by atoms with E-state index in [-0.39, 0.29) is 24.5 Å². The van der Waals surface area contributed by atoms with Gasteiger partial charge in [-0.2, -0.15) is 13.2 Å². The van der Waals surface area contributed by atoms with Gasteiger partial charge in [-0.25, -0.2) is 4.98 Å². The molecule has 2 aromatic rings. The van der Waals surface area contributed by atoms with Crippen LogP contribution in [0.1, 0.15) is 11.1 Å². The highest BCUT2D eigenvalue weighted by atomic mass is 19.4. The largest absolute Gasteiger partial charge is 0.484 e. The van der Waals surface area contributed by atoms with Crippen LogP contribution in [-0.4, -0.2) is 41.6 Å². The number of likely N-dealkylation sites (tertiary alicyclic amines) is 1. The number of alkyl halides is 3. The van der Waals surface area contributed by atoms with E-state index in [1.807, 2.05) is 19.1 Å². The maximum Gasteiger partial charge on any atom is 0.417 e. The summed E-state index contributed by atoms with van der Waals surface area (Å²) in [6.45, 7) is 2.58. The molecule has 0 bridgehead atoms. The Labute approximate surface area is 148 Å². The number of nitrogens with zero attached hydrogens (tertiary/aromatic N) is 2. The second-order valence-corrected chi connectivity index (χ2v) is 6.02. The number of pyridine rings is 1. The van der Waals surface area contributed by atoms with Gasteiger partial charge in [0, 0.05) is 12.3 Å². The first kappa shape index (κ1) is 18.0. The molecule has 0 unspecified atom stereocenters. The molecule has 1 aliphatic rings. The predicted molar refractivity (Wildman–Crippen MR) is 86.9 cm³/mol. The van der Waals surface area contributed by atoms with Crippen LogP contribution >= 0.6 is 0 Å². The third kappa shape index (κ3) is 4.44. The summed E-state index contributed by atoms with van der Waals surface area (Å²) in [7, 11) is 0. The molecule has 8 heteroatoms. The van der Waals surface area contributed by atoms with Crippen molar-refractivity contribution in [2.24, 2.45) is 0 Å². The first-order valence-electron chi connectivity index (χ1n) is 7.98. The highest BCUT2D eigenvalue weighted by Crippen LogP contribution is 2.29. The monoisotopic (exact) mass is 366 g/mol. The molecule has 1 fully saturated rings. The summed E-state index contributed by atoms with van der Waals surface area (Å²) in [5.74, 6) is 0.544. The van der Waals surface area contributed by atoms with E-state index in [4.69, 9.17) is 9.47 Å². The molecule has 0 N–H and O–H groups in total. The Hall–Kier alpha value is -2.77. The van der Waals surface area contributed by atoms with Crippen molar-refractivity contribution >= 4 is 5.91 Å². The number of aryl methyl sites for hydroxylation is 1. The highest BCUT2D eigenvalue weighted by Gasteiger charge is 2.33. The molecule has 3 rings (SSSR count). The summed E-state index contributed by atoms with van der Waals surface area (Å²) in [5.41, 5.74) is 0.270. The first-order chi connectivity index (χ1) is 12.3. The third-order valence-electron chi connectivity index (χ3n) is 3.94. The Morgan fingerprint density at radius 2 is 1.88 bits per heavy atom. The van der Waals surface area contributed by atoms with Gasteiger partial charge in [0.05, 0.1) is 18.7 Å². The summed E-state index contributed by atoms with van der Waals surface area (Å²) in [6.07, 6.45) is -3.99. The van der Waals surface area contributed by atoms with Crippen LogP contribution in [-0.2, 0) is 11.0 Å². The second kappa shape index (κ2) is 7.23. The van der Waals surface area contributed by atoms with Crippen LogP contribution in [0.15, 0.2) is 42.6 Å². The SMILES string of the molecule is Cc1ccc(OCC(=O)N2CC(Oc3ccc(C(F)(F)F)cn3)C2)cc1. The normalized spacial score (nSPS) is 14.7. The smallest absolute Gasteiger partial charge is 0.417 e. The number of carbonyl (C=O) groups is 1. The summed E-state index contributed by atoms with van der Waals surface area (Å²) >= 11 is 0. The molecule has 0 spiro atoms. The number of rotatable bonds is 5. The molecule has 138 valence electrons. The lowest BCUT2D eigenvalue weighted by Crippen LogP contribution is -2.57. The minimum atomic E-state index is -4.43. The average molecular weight is 366 g/mol. The third-order valence-corrected chi connectivity index (χ3v) is 3.94. The molecule has 0 radical (unpaired) electrons. The Morgan fingerprint density at radius 3 is 2.46 bits per heavy atom. The standard InChI is InChI=1S/C18H17F3N2O3/c1-12-2-5-14(6-3-12)25-11-17(24)23-9-15(10-23)26-16-7-4-13(8-22-16)18(19,20)21/h2-8,15H,9-11H2,1H3. The van der Waals surface area contributed by atoms with Crippen molar-refractivity contribution in [3.05, 3.63) is 53.7 Å². The molecule has 1 amide bonds. The maximum atomic E-state index is 12.5. The van der Waals surface area contributed by atoms with E-state index in [0.29, 0.717) is 18.8 Å². The van der Waals surface area contributed by atoms with Gasteiger partial charge >= 0.3 is 6.18 Å². The molecule has 1 aromatic heterocycles. The zero-order valence-electron chi connectivity index (χ0n) is 14.0. The average Bonchev–Trinajstić information content (AvgIpc) is 2.56. The van der Waals surface area contributed by atoms with Crippen molar-refractivity contribution in [3.63, 3.8) is 0 Å². The molecule has 1 saturated heterocycles. The van der Waals surface area contributed by atoms with Crippen LogP contribution in [0, 0.1) is 6.92 Å². The molecular formula is C18H17F3N2O3. The molecule has 1 aliphatic heterocycles. The van der Waals surface area contributed by atoms with Crippen LogP contribution in [0.3, 0.4) is 0 Å². The van der Waals surface area contributed by atoms with Gasteiger partial charge < -0.3 is 14.4 Å². The summed E-state index contributed by atoms with van der Waals surface area (Å²) < 4.78 is 48.3. The minimum Gasteiger partial charge on any atom is -0.484 e. The van der Waals surface area contributed by atoms with E-state index in [1.165, 1.54) is 6.07 Å². The number of hydrogen-bond acceptors (Lipinski definition) is 4. The van der Waals surface area contributed by atoms with E-state index in [9.17, 15) is 18.0 Å². The van der Waals surface area contributed by atoms with E-state index in [2.05, 4.69) is 4.98 Å². The van der Waals surface area contributed by atoms with E-state index >= 15 is 0 Å². The lowest BCUT2D eigenvalue weighted by Gasteiger charge is -2.38. The lowest BCUT2D eigenvalue weighted by atomic mass is 10.1. The first-order valence-corrected chi connectivity index (χ1v) is 7.98. The van der Waals surface area contributed by atoms with Crippen molar-refractivity contribution in [3.8, 4) is 11.6 Å². The number of benzene rings is 1. The molecule has 0 atom stereocenters. The Morgan fingerprint density at radius 1 is 1.19 bits per heavy atom. The van der Waals surface area contributed by atoms with Gasteiger partial charge in [-0.05, 0) is 25.1 Å². The number of amides is 1. The van der Waals surface area contributed by atoms with E-state index in [0.717, 1.165) is 17.8 Å². The predicted octanol–water partition coefficient (Wildman–Crippen LogP) is 3.08. The van der Waals surface area contributed by atoms with Crippen LogP contribution in [0.2, 0.25) is 0 Å². The molecule has 0 aliphatic carbocycles. The van der Waals surface area contributed by atoms with Gasteiger partial charge in [-0.1, -0.05) is 17.7 Å². The number of carbonyl (C=O) groups excluding carboxylic acids is 1. The van der Waals surface area contributed by atoms with Crippen LogP contribution < -0.4 is 9.47 Å². The fourth-order valence-electron chi connectivity index (χ4n) is 2.38. The van der Waals surface area contributed by atoms with Gasteiger partial charge in [0.15, 0.2) is 6.61 Å². The summed E-state index contributed by atoms with van der Waals surface area (Å²) in [5, 5.41) is 0. The zero-order valence-corrected chi connectivity index (χ0v) is 14.0. The summed E-state index contributed by atoms with van der Waals surface area (Å²) in [4.78, 5) is 17.2. The number of halogens is 3. The molecule has 5 nitrogen and oxygen atoms in total. The molecular weight excluding hydrogens is 349 g/mol.